The van der Waals surface area contributed by atoms with E-state index in [1.54, 1.807) is 0 Å². The van der Waals surface area contributed by atoms with Gasteiger partial charge in [0.1, 0.15) is 0 Å². The molecule has 0 aliphatic carbocycles. The van der Waals surface area contributed by atoms with Crippen LogP contribution in [0.1, 0.15) is 46.0 Å². The van der Waals surface area contributed by atoms with Crippen LogP contribution in [-0.2, 0) is 19.1 Å². The van der Waals surface area contributed by atoms with Crippen molar-refractivity contribution in [3.8, 4) is 0 Å². The first kappa shape index (κ1) is 20.1. The van der Waals surface area contributed by atoms with Gasteiger partial charge in [-0.1, -0.05) is 13.8 Å². The van der Waals surface area contributed by atoms with E-state index >= 15 is 0 Å². The summed E-state index contributed by atoms with van der Waals surface area (Å²) in [4.78, 5) is 38.3. The van der Waals surface area contributed by atoms with Crippen LogP contribution in [0.5, 0.6) is 0 Å². The van der Waals surface area contributed by atoms with Gasteiger partial charge < -0.3 is 15.8 Å². The molecule has 0 aromatic carbocycles. The standard InChI is InChI=1S/C17H27N3O4.ClH/c1-3-17(18,4-2)9-19-12(21)7-8-20-15(22)13-10-5-6-11(24-10)14(13)16(20)23;/h10-11,13-14H,3-9,18H2,1-2H3,(H,19,21);1H. The van der Waals surface area contributed by atoms with Gasteiger partial charge in [0, 0.05) is 25.0 Å². The number of halogens is 1. The third kappa shape index (κ3) is 3.55. The molecule has 0 radical (unpaired) electrons. The topological polar surface area (TPSA) is 102 Å². The quantitative estimate of drug-likeness (QED) is 0.636. The second-order valence-corrected chi connectivity index (χ2v) is 7.27. The first-order valence-corrected chi connectivity index (χ1v) is 8.96. The molecule has 0 aromatic rings. The number of rotatable bonds is 7. The van der Waals surface area contributed by atoms with Crippen LogP contribution >= 0.6 is 12.4 Å². The average Bonchev–Trinajstić information content (AvgIpc) is 3.26. The van der Waals surface area contributed by atoms with Gasteiger partial charge in [0.05, 0.1) is 24.0 Å². The summed E-state index contributed by atoms with van der Waals surface area (Å²) in [7, 11) is 0. The normalized spacial score (nSPS) is 30.4. The van der Waals surface area contributed by atoms with E-state index in [1.165, 1.54) is 4.90 Å². The lowest BCUT2D eigenvalue weighted by molar-refractivity contribution is -0.142. The highest BCUT2D eigenvalue weighted by Crippen LogP contribution is 2.48. The van der Waals surface area contributed by atoms with Crippen LogP contribution in [0.25, 0.3) is 0 Å². The predicted molar refractivity (Wildman–Crippen MR) is 94.0 cm³/mol. The number of nitrogens with one attached hydrogen (secondary N) is 1. The number of carbonyl (C=O) groups excluding carboxylic acids is 3. The lowest BCUT2D eigenvalue weighted by Crippen LogP contribution is -2.49. The van der Waals surface area contributed by atoms with Gasteiger partial charge in [-0.15, -0.1) is 12.4 Å². The van der Waals surface area contributed by atoms with Crippen LogP contribution < -0.4 is 11.1 Å². The van der Waals surface area contributed by atoms with E-state index in [-0.39, 0.29) is 67.1 Å². The Labute approximate surface area is 154 Å². The van der Waals surface area contributed by atoms with E-state index in [0.717, 1.165) is 25.7 Å². The number of ether oxygens (including phenoxy) is 1. The molecular formula is C17H28ClN3O4. The molecule has 0 saturated carbocycles. The van der Waals surface area contributed by atoms with E-state index in [2.05, 4.69) is 5.32 Å². The molecular weight excluding hydrogens is 346 g/mol. The lowest BCUT2D eigenvalue weighted by atomic mass is 9.81. The van der Waals surface area contributed by atoms with Crippen molar-refractivity contribution in [3.63, 3.8) is 0 Å². The zero-order valence-electron chi connectivity index (χ0n) is 14.8. The molecule has 3 saturated heterocycles. The third-order valence-electron chi connectivity index (χ3n) is 5.98. The van der Waals surface area contributed by atoms with Gasteiger partial charge in [0.15, 0.2) is 0 Å². The number of imide groups is 1. The molecule has 4 atom stereocenters. The summed E-state index contributed by atoms with van der Waals surface area (Å²) in [6, 6.07) is 0. The van der Waals surface area contributed by atoms with Crippen molar-refractivity contribution in [2.75, 3.05) is 13.1 Å². The molecule has 3 heterocycles. The zero-order valence-corrected chi connectivity index (χ0v) is 15.6. The largest absolute Gasteiger partial charge is 0.373 e. The Hall–Kier alpha value is -1.18. The Kier molecular flexibility index (Phi) is 6.12. The van der Waals surface area contributed by atoms with Gasteiger partial charge in [0.2, 0.25) is 17.7 Å². The molecule has 142 valence electrons. The Morgan fingerprint density at radius 2 is 1.72 bits per heavy atom. The second-order valence-electron chi connectivity index (χ2n) is 7.27. The number of nitrogens with two attached hydrogens (primary N) is 1. The Bertz CT molecular complexity index is 524. The summed E-state index contributed by atoms with van der Waals surface area (Å²) in [6.45, 7) is 4.54. The second kappa shape index (κ2) is 7.60. The van der Waals surface area contributed by atoms with E-state index in [1.807, 2.05) is 13.8 Å². The highest BCUT2D eigenvalue weighted by molar-refractivity contribution is 6.06. The van der Waals surface area contributed by atoms with Crippen molar-refractivity contribution in [1.29, 1.82) is 0 Å². The number of amides is 3. The number of likely N-dealkylation sites (tertiary alicyclic amines) is 1. The summed E-state index contributed by atoms with van der Waals surface area (Å²) in [5, 5.41) is 2.82. The van der Waals surface area contributed by atoms with Gasteiger partial charge in [0.25, 0.3) is 0 Å². The molecule has 0 spiro atoms. The van der Waals surface area contributed by atoms with Crippen molar-refractivity contribution < 1.29 is 19.1 Å². The van der Waals surface area contributed by atoms with Crippen LogP contribution in [0, 0.1) is 11.8 Å². The minimum Gasteiger partial charge on any atom is -0.373 e. The number of fused-ring (bicyclic) bond motifs is 5. The Morgan fingerprint density at radius 3 is 2.20 bits per heavy atom. The van der Waals surface area contributed by atoms with Crippen LogP contribution in [-0.4, -0.2) is 53.5 Å². The SMILES string of the molecule is CCC(N)(CC)CNC(=O)CCN1C(=O)C2C3CCC(O3)C2C1=O.Cl. The molecule has 3 N–H and O–H groups in total. The lowest BCUT2D eigenvalue weighted by Gasteiger charge is -2.27. The smallest absolute Gasteiger partial charge is 0.235 e. The summed E-state index contributed by atoms with van der Waals surface area (Å²) < 4.78 is 5.69. The molecule has 3 aliphatic heterocycles. The first-order valence-electron chi connectivity index (χ1n) is 8.96. The summed E-state index contributed by atoms with van der Waals surface area (Å²) in [5.74, 6) is -1.16. The number of hydrogen-bond donors (Lipinski definition) is 2. The fourth-order valence-electron chi connectivity index (χ4n) is 4.07. The maximum Gasteiger partial charge on any atom is 0.235 e. The minimum absolute atomic E-state index is 0. The van der Waals surface area contributed by atoms with Gasteiger partial charge in [-0.25, -0.2) is 0 Å². The fraction of sp³-hybridized carbons (Fsp3) is 0.824. The maximum atomic E-state index is 12.5. The first-order chi connectivity index (χ1) is 11.4. The molecule has 0 aromatic heterocycles. The molecule has 8 heteroatoms. The van der Waals surface area contributed by atoms with E-state index < -0.39 is 5.54 Å². The van der Waals surface area contributed by atoms with Crippen molar-refractivity contribution in [1.82, 2.24) is 10.2 Å². The highest BCUT2D eigenvalue weighted by atomic mass is 35.5. The van der Waals surface area contributed by atoms with Crippen molar-refractivity contribution in [2.45, 2.75) is 63.7 Å². The van der Waals surface area contributed by atoms with E-state index in [9.17, 15) is 14.4 Å². The van der Waals surface area contributed by atoms with Crippen LogP contribution in [0.15, 0.2) is 0 Å². The zero-order chi connectivity index (χ0) is 17.5. The third-order valence-corrected chi connectivity index (χ3v) is 5.98. The number of carbonyl (C=O) groups is 3. The number of nitrogens with zero attached hydrogens (tertiary/aromatic N) is 1. The summed E-state index contributed by atoms with van der Waals surface area (Å²) in [5.41, 5.74) is 5.76. The van der Waals surface area contributed by atoms with Gasteiger partial charge >= 0.3 is 0 Å². The fourth-order valence-corrected chi connectivity index (χ4v) is 4.07. The van der Waals surface area contributed by atoms with Gasteiger partial charge in [-0.05, 0) is 25.7 Å². The van der Waals surface area contributed by atoms with Crippen molar-refractivity contribution in [2.24, 2.45) is 17.6 Å². The molecule has 3 fully saturated rings. The summed E-state index contributed by atoms with van der Waals surface area (Å²) in [6.07, 6.45) is 3.16. The Balaban J connectivity index is 0.00000225. The van der Waals surface area contributed by atoms with E-state index in [4.69, 9.17) is 10.5 Å². The molecule has 7 nitrogen and oxygen atoms in total. The van der Waals surface area contributed by atoms with Crippen LogP contribution in [0.2, 0.25) is 0 Å². The van der Waals surface area contributed by atoms with E-state index in [0.29, 0.717) is 6.54 Å². The summed E-state index contributed by atoms with van der Waals surface area (Å²) >= 11 is 0. The van der Waals surface area contributed by atoms with Gasteiger partial charge in [-0.2, -0.15) is 0 Å². The van der Waals surface area contributed by atoms with Crippen molar-refractivity contribution in [3.05, 3.63) is 0 Å². The van der Waals surface area contributed by atoms with Crippen LogP contribution in [0.3, 0.4) is 0 Å². The maximum absolute atomic E-state index is 12.5. The monoisotopic (exact) mass is 373 g/mol. The average molecular weight is 374 g/mol. The minimum atomic E-state index is -0.400. The molecule has 3 rings (SSSR count). The van der Waals surface area contributed by atoms with Crippen molar-refractivity contribution >= 4 is 30.1 Å². The molecule has 4 unspecified atom stereocenters. The molecule has 3 aliphatic rings. The molecule has 3 amide bonds. The number of hydrogen-bond acceptors (Lipinski definition) is 5. The molecule has 25 heavy (non-hydrogen) atoms. The van der Waals surface area contributed by atoms with Gasteiger partial charge in [-0.3, -0.25) is 19.3 Å². The predicted octanol–water partition coefficient (Wildman–Crippen LogP) is 0.594. The highest BCUT2D eigenvalue weighted by Gasteiger charge is 2.62. The molecule has 2 bridgehead atoms. The van der Waals surface area contributed by atoms with Crippen LogP contribution in [0.4, 0.5) is 0 Å². The Morgan fingerprint density at radius 1 is 1.20 bits per heavy atom.